The normalized spacial score (nSPS) is 13.5. The van der Waals surface area contributed by atoms with E-state index in [4.69, 9.17) is 0 Å². The van der Waals surface area contributed by atoms with E-state index in [0.29, 0.717) is 0 Å². The first-order valence-electron chi connectivity index (χ1n) is 8.18. The van der Waals surface area contributed by atoms with Gasteiger partial charge < -0.3 is 0 Å². The molecular weight excluding hydrogens is 416 g/mol. The van der Waals surface area contributed by atoms with Crippen molar-refractivity contribution in [1.29, 1.82) is 0 Å². The summed E-state index contributed by atoms with van der Waals surface area (Å²) in [5.74, 6) is 0. The van der Waals surface area contributed by atoms with E-state index < -0.39 is 31.7 Å². The van der Waals surface area contributed by atoms with Crippen LogP contribution in [-0.4, -0.2) is 25.1 Å². The number of unbranched alkanes of at least 4 members (excludes halogenated alkanes) is 1. The van der Waals surface area contributed by atoms with Crippen LogP contribution in [0.4, 0.5) is 0 Å². The van der Waals surface area contributed by atoms with E-state index in [-0.39, 0.29) is 0 Å². The van der Waals surface area contributed by atoms with Crippen LogP contribution in [0.1, 0.15) is 39.5 Å². The van der Waals surface area contributed by atoms with Gasteiger partial charge in [-0.25, -0.2) is 0 Å². The van der Waals surface area contributed by atoms with Crippen molar-refractivity contribution >= 4 is 35.3 Å². The Balaban J connectivity index is 2.37. The summed E-state index contributed by atoms with van der Waals surface area (Å²) in [6.45, 7) is 4.42. The predicted octanol–water partition coefficient (Wildman–Crippen LogP) is 4.64. The van der Waals surface area contributed by atoms with Gasteiger partial charge >= 0.3 is 153 Å². The van der Waals surface area contributed by atoms with E-state index in [9.17, 15) is 4.21 Å². The third-order valence-corrected chi connectivity index (χ3v) is 9.61. The summed E-state index contributed by atoms with van der Waals surface area (Å²) in [6.07, 6.45) is 4.45. The molecule has 0 radical (unpaired) electrons. The van der Waals surface area contributed by atoms with Gasteiger partial charge in [0.15, 0.2) is 0 Å². The maximum atomic E-state index is 13.2. The van der Waals surface area contributed by atoms with Crippen LogP contribution >= 0.6 is 0 Å². The molecule has 122 valence electrons. The van der Waals surface area contributed by atoms with Gasteiger partial charge in [0.2, 0.25) is 0 Å². The van der Waals surface area contributed by atoms with Crippen LogP contribution in [0.2, 0.25) is 0 Å². The fourth-order valence-corrected chi connectivity index (χ4v) is 8.18. The molecule has 0 heterocycles. The molecule has 23 heavy (non-hydrogen) atoms. The van der Waals surface area contributed by atoms with Gasteiger partial charge in [-0.05, 0) is 0 Å². The quantitative estimate of drug-likeness (QED) is 0.548. The Bertz CT molecular complexity index is 650. The van der Waals surface area contributed by atoms with E-state index in [2.05, 4.69) is 38.1 Å². The molecule has 2 aromatic rings. The molecule has 0 amide bonds. The number of allylic oxidation sites excluding steroid dienone is 1. The Labute approximate surface area is 152 Å². The molecule has 3 heteroatoms. The van der Waals surface area contributed by atoms with Crippen molar-refractivity contribution < 1.29 is 4.21 Å². The van der Waals surface area contributed by atoms with E-state index in [0.717, 1.165) is 17.7 Å². The monoisotopic (exact) mass is 442 g/mol. The molecule has 0 spiro atoms. The SMILES string of the molecule is CCCC/C(CC)=C(/[Te]c1ccccc1)S(=O)c1ccccc1. The van der Waals surface area contributed by atoms with Crippen molar-refractivity contribution in [3.05, 3.63) is 69.2 Å². The standard InChI is InChI=1S/C20H24OSTe/c1-3-5-12-17(4-2)20(23-19-15-10-7-11-16-19)22(21)18-13-8-6-9-14-18/h6-11,13-16H,3-5,12H2,1-2H3/b20-17+. The molecule has 0 aromatic heterocycles. The van der Waals surface area contributed by atoms with Crippen LogP contribution in [-0.2, 0) is 10.8 Å². The Morgan fingerprint density at radius 2 is 1.57 bits per heavy atom. The molecule has 2 rings (SSSR count). The van der Waals surface area contributed by atoms with Gasteiger partial charge in [0.25, 0.3) is 0 Å². The molecular formula is C20H24OSTe. The Hall–Kier alpha value is -0.880. The molecule has 0 aliphatic rings. The van der Waals surface area contributed by atoms with Gasteiger partial charge in [0.1, 0.15) is 0 Å². The van der Waals surface area contributed by atoms with Gasteiger partial charge in [-0.1, -0.05) is 0 Å². The Morgan fingerprint density at radius 3 is 2.13 bits per heavy atom. The average Bonchev–Trinajstić information content (AvgIpc) is 2.62. The molecule has 1 unspecified atom stereocenters. The van der Waals surface area contributed by atoms with E-state index in [1.165, 1.54) is 25.0 Å². The van der Waals surface area contributed by atoms with Crippen LogP contribution in [0.3, 0.4) is 0 Å². The number of hydrogen-bond donors (Lipinski definition) is 0. The van der Waals surface area contributed by atoms with Crippen LogP contribution in [0.25, 0.3) is 0 Å². The van der Waals surface area contributed by atoms with Gasteiger partial charge in [-0.15, -0.1) is 0 Å². The molecule has 0 N–H and O–H groups in total. The molecule has 2 aromatic carbocycles. The minimum absolute atomic E-state index is 0.602. The van der Waals surface area contributed by atoms with E-state index >= 15 is 0 Å². The van der Waals surface area contributed by atoms with Crippen molar-refractivity contribution in [3.63, 3.8) is 0 Å². The van der Waals surface area contributed by atoms with Crippen molar-refractivity contribution in [2.75, 3.05) is 0 Å². The predicted molar refractivity (Wildman–Crippen MR) is 102 cm³/mol. The second-order valence-corrected chi connectivity index (χ2v) is 10.7. The zero-order valence-corrected chi connectivity index (χ0v) is 17.0. The fourth-order valence-electron chi connectivity index (χ4n) is 2.30. The van der Waals surface area contributed by atoms with E-state index in [1.807, 2.05) is 36.4 Å². The first-order valence-corrected chi connectivity index (χ1v) is 11.7. The van der Waals surface area contributed by atoms with Gasteiger partial charge in [-0.2, -0.15) is 0 Å². The summed E-state index contributed by atoms with van der Waals surface area (Å²) >= 11 is -0.602. The zero-order chi connectivity index (χ0) is 16.5. The molecule has 0 aliphatic carbocycles. The third-order valence-electron chi connectivity index (χ3n) is 3.63. The van der Waals surface area contributed by atoms with Crippen LogP contribution in [0, 0.1) is 0 Å². The summed E-state index contributed by atoms with van der Waals surface area (Å²) in [4.78, 5) is 0.936. The molecule has 0 saturated heterocycles. The van der Waals surface area contributed by atoms with Crippen LogP contribution in [0.15, 0.2) is 74.1 Å². The summed E-state index contributed by atoms with van der Waals surface area (Å²) in [7, 11) is -1.02. The maximum absolute atomic E-state index is 13.2. The number of rotatable bonds is 8. The second kappa shape index (κ2) is 10.1. The van der Waals surface area contributed by atoms with Gasteiger partial charge in [0.05, 0.1) is 0 Å². The Kier molecular flexibility index (Phi) is 8.09. The van der Waals surface area contributed by atoms with Crippen molar-refractivity contribution in [2.45, 2.75) is 44.4 Å². The number of benzene rings is 2. The zero-order valence-electron chi connectivity index (χ0n) is 13.8. The fraction of sp³-hybridized carbons (Fsp3) is 0.300. The summed E-state index contributed by atoms with van der Waals surface area (Å²) in [6, 6.07) is 20.5. The second-order valence-electron chi connectivity index (χ2n) is 5.35. The first-order chi connectivity index (χ1) is 11.3. The summed E-state index contributed by atoms with van der Waals surface area (Å²) < 4.78 is 15.8. The Morgan fingerprint density at radius 1 is 0.957 bits per heavy atom. The van der Waals surface area contributed by atoms with E-state index in [1.54, 1.807) is 0 Å². The average molecular weight is 440 g/mol. The minimum atomic E-state index is -1.02. The molecule has 1 atom stereocenters. The van der Waals surface area contributed by atoms with Gasteiger partial charge in [-0.3, -0.25) is 0 Å². The van der Waals surface area contributed by atoms with Crippen molar-refractivity contribution in [1.82, 2.24) is 0 Å². The van der Waals surface area contributed by atoms with Crippen LogP contribution < -0.4 is 3.61 Å². The topological polar surface area (TPSA) is 17.1 Å². The molecule has 0 saturated carbocycles. The molecule has 0 fully saturated rings. The van der Waals surface area contributed by atoms with Crippen LogP contribution in [0.5, 0.6) is 0 Å². The van der Waals surface area contributed by atoms with Crippen molar-refractivity contribution in [2.24, 2.45) is 0 Å². The molecule has 1 nitrogen and oxygen atoms in total. The summed E-state index contributed by atoms with van der Waals surface area (Å²) in [5, 5.41) is 0. The summed E-state index contributed by atoms with van der Waals surface area (Å²) in [5.41, 5.74) is 1.42. The van der Waals surface area contributed by atoms with Gasteiger partial charge in [0, 0.05) is 0 Å². The molecule has 0 aliphatic heterocycles. The molecule has 0 bridgehead atoms. The number of hydrogen-bond acceptors (Lipinski definition) is 1. The van der Waals surface area contributed by atoms with Crippen molar-refractivity contribution in [3.8, 4) is 0 Å². The third kappa shape index (κ3) is 5.60. The first kappa shape index (κ1) is 18.5.